The standard InChI is InChI=1S/C16H26N4O3/c1-15(2,3)12-17-18-14(23-12)20-7-5-16(6-8-20)9-11(21)10-19(4)13(16)22/h11,21H,5-10H2,1-4H3. The number of carbonyl (C=O) groups is 1. The minimum absolute atomic E-state index is 0.156. The average molecular weight is 322 g/mol. The van der Waals surface area contributed by atoms with E-state index in [4.69, 9.17) is 4.42 Å². The van der Waals surface area contributed by atoms with Crippen LogP contribution < -0.4 is 4.90 Å². The van der Waals surface area contributed by atoms with Gasteiger partial charge >= 0.3 is 6.01 Å². The number of rotatable bonds is 1. The second kappa shape index (κ2) is 5.47. The van der Waals surface area contributed by atoms with Crippen molar-refractivity contribution in [2.75, 3.05) is 31.6 Å². The number of nitrogens with zero attached hydrogens (tertiary/aromatic N) is 4. The van der Waals surface area contributed by atoms with Gasteiger partial charge in [-0.3, -0.25) is 4.79 Å². The van der Waals surface area contributed by atoms with Gasteiger partial charge in [0.05, 0.1) is 11.5 Å². The van der Waals surface area contributed by atoms with Crippen LogP contribution in [0.1, 0.15) is 45.9 Å². The fraction of sp³-hybridized carbons (Fsp3) is 0.812. The van der Waals surface area contributed by atoms with E-state index in [-0.39, 0.29) is 11.3 Å². The third-order valence-electron chi connectivity index (χ3n) is 4.96. The lowest BCUT2D eigenvalue weighted by Gasteiger charge is -2.46. The van der Waals surface area contributed by atoms with Crippen LogP contribution in [-0.2, 0) is 10.2 Å². The van der Waals surface area contributed by atoms with Crippen LogP contribution in [0, 0.1) is 5.41 Å². The fourth-order valence-corrected chi connectivity index (χ4v) is 3.60. The Bertz CT molecular complexity index is 584. The number of piperidine rings is 2. The van der Waals surface area contributed by atoms with Gasteiger partial charge in [-0.15, -0.1) is 5.10 Å². The Morgan fingerprint density at radius 3 is 2.48 bits per heavy atom. The van der Waals surface area contributed by atoms with Gasteiger partial charge in [-0.05, 0) is 19.3 Å². The van der Waals surface area contributed by atoms with E-state index >= 15 is 0 Å². The number of amides is 1. The Labute approximate surface area is 136 Å². The minimum atomic E-state index is -0.435. The van der Waals surface area contributed by atoms with E-state index in [0.717, 1.165) is 0 Å². The molecule has 0 radical (unpaired) electrons. The van der Waals surface area contributed by atoms with E-state index in [2.05, 4.69) is 10.2 Å². The Morgan fingerprint density at radius 2 is 1.91 bits per heavy atom. The smallest absolute Gasteiger partial charge is 0.318 e. The summed E-state index contributed by atoms with van der Waals surface area (Å²) in [5.74, 6) is 0.778. The van der Waals surface area contributed by atoms with Gasteiger partial charge in [-0.2, -0.15) is 0 Å². The lowest BCUT2D eigenvalue weighted by Crippen LogP contribution is -2.56. The van der Waals surface area contributed by atoms with Crippen LogP contribution in [0.2, 0.25) is 0 Å². The Hall–Kier alpha value is -1.63. The third kappa shape index (κ3) is 2.94. The van der Waals surface area contributed by atoms with Gasteiger partial charge in [0.2, 0.25) is 11.8 Å². The molecular weight excluding hydrogens is 296 g/mol. The first-order valence-corrected chi connectivity index (χ1v) is 8.24. The summed E-state index contributed by atoms with van der Waals surface area (Å²) in [7, 11) is 1.77. The number of aliphatic hydroxyl groups is 1. The summed E-state index contributed by atoms with van der Waals surface area (Å²) in [6.07, 6.45) is 1.54. The topological polar surface area (TPSA) is 82.7 Å². The minimum Gasteiger partial charge on any atom is -0.407 e. The molecule has 1 N–H and O–H groups in total. The van der Waals surface area contributed by atoms with Crippen LogP contribution in [0.4, 0.5) is 6.01 Å². The van der Waals surface area contributed by atoms with Gasteiger partial charge in [0.15, 0.2) is 0 Å². The molecule has 3 heterocycles. The van der Waals surface area contributed by atoms with Crippen molar-refractivity contribution in [1.29, 1.82) is 0 Å². The van der Waals surface area contributed by atoms with Crippen LogP contribution in [0.15, 0.2) is 4.42 Å². The van der Waals surface area contributed by atoms with Gasteiger partial charge in [-0.1, -0.05) is 25.9 Å². The van der Waals surface area contributed by atoms with Crippen LogP contribution in [0.5, 0.6) is 0 Å². The number of aliphatic hydroxyl groups excluding tert-OH is 1. The SMILES string of the molecule is CN1CC(O)CC2(CCN(c3nnc(C(C)(C)C)o3)CC2)C1=O. The second-order valence-corrected chi connectivity index (χ2v) is 7.95. The van der Waals surface area contributed by atoms with Gasteiger partial charge in [0.25, 0.3) is 0 Å². The average Bonchev–Trinajstić information content (AvgIpc) is 2.95. The molecule has 1 aromatic rings. The first kappa shape index (κ1) is 16.2. The molecule has 23 heavy (non-hydrogen) atoms. The summed E-state index contributed by atoms with van der Waals surface area (Å²) in [4.78, 5) is 16.3. The molecule has 1 spiro atoms. The quantitative estimate of drug-likeness (QED) is 0.836. The van der Waals surface area contributed by atoms with Crippen LogP contribution in [0.25, 0.3) is 0 Å². The summed E-state index contributed by atoms with van der Waals surface area (Å²) < 4.78 is 5.79. The van der Waals surface area contributed by atoms with E-state index in [1.54, 1.807) is 11.9 Å². The number of likely N-dealkylation sites (tertiary alicyclic amines) is 1. The van der Waals surface area contributed by atoms with Crippen molar-refractivity contribution in [3.63, 3.8) is 0 Å². The normalized spacial score (nSPS) is 25.3. The van der Waals surface area contributed by atoms with Crippen molar-refractivity contribution in [3.8, 4) is 0 Å². The first-order valence-electron chi connectivity index (χ1n) is 8.24. The molecule has 128 valence electrons. The Kier molecular flexibility index (Phi) is 3.86. The largest absolute Gasteiger partial charge is 0.407 e. The molecule has 7 nitrogen and oxygen atoms in total. The molecule has 1 aromatic heterocycles. The van der Waals surface area contributed by atoms with Crippen molar-refractivity contribution in [3.05, 3.63) is 5.89 Å². The molecule has 2 saturated heterocycles. The second-order valence-electron chi connectivity index (χ2n) is 7.95. The first-order chi connectivity index (χ1) is 10.7. The van der Waals surface area contributed by atoms with E-state index in [9.17, 15) is 9.90 Å². The van der Waals surface area contributed by atoms with E-state index in [0.29, 0.717) is 50.8 Å². The highest BCUT2D eigenvalue weighted by atomic mass is 16.4. The number of β-amino-alcohol motifs (C(OH)–C–C–N with tert-alkyl or cyclic N) is 1. The highest BCUT2D eigenvalue weighted by molar-refractivity contribution is 5.83. The van der Waals surface area contributed by atoms with E-state index < -0.39 is 11.5 Å². The van der Waals surface area contributed by atoms with Crippen LogP contribution >= 0.6 is 0 Å². The predicted molar refractivity (Wildman–Crippen MR) is 85.1 cm³/mol. The van der Waals surface area contributed by atoms with Gasteiger partial charge in [-0.25, -0.2) is 0 Å². The summed E-state index contributed by atoms with van der Waals surface area (Å²) in [5.41, 5.74) is -0.607. The number of anilines is 1. The monoisotopic (exact) mass is 322 g/mol. The Morgan fingerprint density at radius 1 is 1.26 bits per heavy atom. The molecule has 7 heteroatoms. The summed E-state index contributed by atoms with van der Waals surface area (Å²) in [6, 6.07) is 0.530. The van der Waals surface area contributed by atoms with Crippen LogP contribution in [-0.4, -0.2) is 58.9 Å². The summed E-state index contributed by atoms with van der Waals surface area (Å²) in [6.45, 7) is 7.92. The highest BCUT2D eigenvalue weighted by Gasteiger charge is 2.48. The number of aromatic nitrogens is 2. The summed E-state index contributed by atoms with van der Waals surface area (Å²) in [5, 5.41) is 18.3. The van der Waals surface area contributed by atoms with E-state index in [1.807, 2.05) is 25.7 Å². The maximum Gasteiger partial charge on any atom is 0.318 e. The highest BCUT2D eigenvalue weighted by Crippen LogP contribution is 2.41. The molecule has 0 bridgehead atoms. The van der Waals surface area contributed by atoms with Crippen molar-refractivity contribution in [2.45, 2.75) is 51.6 Å². The molecule has 1 unspecified atom stereocenters. The number of likely N-dealkylation sites (N-methyl/N-ethyl adjacent to an activating group) is 1. The molecule has 2 fully saturated rings. The predicted octanol–water partition coefficient (Wildman–Crippen LogP) is 1.18. The summed E-state index contributed by atoms with van der Waals surface area (Å²) >= 11 is 0. The molecule has 2 aliphatic heterocycles. The van der Waals surface area contributed by atoms with Gasteiger partial charge in [0.1, 0.15) is 0 Å². The molecule has 0 aliphatic carbocycles. The number of carbonyl (C=O) groups excluding carboxylic acids is 1. The fourth-order valence-electron chi connectivity index (χ4n) is 3.60. The van der Waals surface area contributed by atoms with Crippen molar-refractivity contribution in [1.82, 2.24) is 15.1 Å². The van der Waals surface area contributed by atoms with Gasteiger partial charge < -0.3 is 19.3 Å². The molecule has 1 atom stereocenters. The zero-order valence-corrected chi connectivity index (χ0v) is 14.4. The van der Waals surface area contributed by atoms with E-state index in [1.165, 1.54) is 0 Å². The maximum absolute atomic E-state index is 12.6. The third-order valence-corrected chi connectivity index (χ3v) is 4.96. The van der Waals surface area contributed by atoms with Crippen molar-refractivity contribution >= 4 is 11.9 Å². The number of hydrogen-bond acceptors (Lipinski definition) is 6. The van der Waals surface area contributed by atoms with Gasteiger partial charge in [0, 0.05) is 32.1 Å². The maximum atomic E-state index is 12.6. The zero-order chi connectivity index (χ0) is 16.8. The zero-order valence-electron chi connectivity index (χ0n) is 14.4. The molecular formula is C16H26N4O3. The Balaban J connectivity index is 1.71. The lowest BCUT2D eigenvalue weighted by atomic mass is 9.71. The number of hydrogen-bond donors (Lipinski definition) is 1. The molecule has 0 aromatic carbocycles. The van der Waals surface area contributed by atoms with Crippen molar-refractivity contribution < 1.29 is 14.3 Å². The molecule has 2 aliphatic rings. The molecule has 1 amide bonds. The lowest BCUT2D eigenvalue weighted by molar-refractivity contribution is -0.152. The van der Waals surface area contributed by atoms with Crippen LogP contribution in [0.3, 0.4) is 0 Å². The molecule has 3 rings (SSSR count). The van der Waals surface area contributed by atoms with Crippen molar-refractivity contribution in [2.24, 2.45) is 5.41 Å². The molecule has 0 saturated carbocycles.